The summed E-state index contributed by atoms with van der Waals surface area (Å²) in [6.45, 7) is 0.598. The van der Waals surface area contributed by atoms with Crippen molar-refractivity contribution in [1.82, 2.24) is 25.6 Å². The minimum absolute atomic E-state index is 0.474. The maximum absolute atomic E-state index is 4.41. The summed E-state index contributed by atoms with van der Waals surface area (Å²) in [6.07, 6.45) is 1.78. The summed E-state index contributed by atoms with van der Waals surface area (Å²) in [7, 11) is 0. The number of anilines is 1. The Morgan fingerprint density at radius 3 is 3.06 bits per heavy atom. The average molecular weight is 305 g/mol. The van der Waals surface area contributed by atoms with Crippen molar-refractivity contribution >= 4 is 32.8 Å². The average Bonchev–Trinajstić information content (AvgIpc) is 2.92. The van der Waals surface area contributed by atoms with E-state index in [1.165, 1.54) is 0 Å². The molecule has 0 aliphatic rings. The Labute approximate surface area is 111 Å². The van der Waals surface area contributed by atoms with Gasteiger partial charge in [-0.3, -0.25) is 4.98 Å². The number of nitrogens with one attached hydrogen (secondary N) is 2. The molecular weight excluding hydrogens is 296 g/mol. The van der Waals surface area contributed by atoms with Crippen LogP contribution in [0.5, 0.6) is 0 Å². The van der Waals surface area contributed by atoms with Crippen molar-refractivity contribution in [3.8, 4) is 0 Å². The number of halogens is 1. The Kier molecular flexibility index (Phi) is 2.89. The lowest BCUT2D eigenvalue weighted by Gasteiger charge is -2.07. The van der Waals surface area contributed by atoms with Crippen LogP contribution >= 0.6 is 15.9 Å². The molecule has 0 saturated heterocycles. The third-order valence-electron chi connectivity index (χ3n) is 2.58. The molecule has 6 nitrogen and oxygen atoms in total. The molecule has 2 N–H and O–H groups in total. The molecule has 0 radical (unpaired) electrons. The lowest BCUT2D eigenvalue weighted by Crippen LogP contribution is -2.02. The van der Waals surface area contributed by atoms with Gasteiger partial charge < -0.3 is 5.32 Å². The number of hydrogen-bond donors (Lipinski definition) is 2. The summed E-state index contributed by atoms with van der Waals surface area (Å²) in [5.74, 6) is 0.474. The third kappa shape index (κ3) is 2.04. The number of benzene rings is 1. The van der Waals surface area contributed by atoms with Crippen LogP contribution < -0.4 is 5.32 Å². The zero-order chi connectivity index (χ0) is 12.4. The molecule has 0 aliphatic carbocycles. The fourth-order valence-electron chi connectivity index (χ4n) is 1.75. The molecule has 0 amide bonds. The molecule has 90 valence electrons. The van der Waals surface area contributed by atoms with Crippen molar-refractivity contribution in [3.63, 3.8) is 0 Å². The van der Waals surface area contributed by atoms with E-state index in [-0.39, 0.29) is 0 Å². The number of tetrazole rings is 1. The molecule has 18 heavy (non-hydrogen) atoms. The van der Waals surface area contributed by atoms with Gasteiger partial charge in [0.15, 0.2) is 0 Å². The molecule has 0 bridgehead atoms. The van der Waals surface area contributed by atoms with Crippen LogP contribution in [-0.2, 0) is 6.54 Å². The fraction of sp³-hybridized carbons (Fsp3) is 0.0909. The minimum atomic E-state index is 0.474. The second-order valence-corrected chi connectivity index (χ2v) is 4.55. The first kappa shape index (κ1) is 11.1. The predicted octanol–water partition coefficient (Wildman–Crippen LogP) is 2.12. The molecule has 0 fully saturated rings. The van der Waals surface area contributed by atoms with Crippen LogP contribution in [0.1, 0.15) is 5.56 Å². The molecule has 3 aromatic rings. The number of aromatic nitrogens is 5. The van der Waals surface area contributed by atoms with Gasteiger partial charge in [0.05, 0.1) is 5.52 Å². The second kappa shape index (κ2) is 4.69. The van der Waals surface area contributed by atoms with Crippen molar-refractivity contribution in [3.05, 3.63) is 40.5 Å². The largest absolute Gasteiger partial charge is 0.347 e. The van der Waals surface area contributed by atoms with Crippen LogP contribution in [0.15, 0.2) is 34.9 Å². The van der Waals surface area contributed by atoms with Gasteiger partial charge in [-0.15, -0.1) is 5.10 Å². The van der Waals surface area contributed by atoms with Gasteiger partial charge in [0.2, 0.25) is 0 Å². The highest BCUT2D eigenvalue weighted by atomic mass is 79.9. The SMILES string of the molecule is Brc1ccc(CNc2nn[nH]n2)c2ncccc12. The smallest absolute Gasteiger partial charge is 0.263 e. The molecule has 0 unspecified atom stereocenters. The molecule has 2 heterocycles. The Balaban J connectivity index is 1.94. The lowest BCUT2D eigenvalue weighted by atomic mass is 10.1. The quantitative estimate of drug-likeness (QED) is 0.775. The van der Waals surface area contributed by atoms with Crippen LogP contribution in [0.3, 0.4) is 0 Å². The van der Waals surface area contributed by atoms with Crippen LogP contribution in [0.2, 0.25) is 0 Å². The van der Waals surface area contributed by atoms with Crippen molar-refractivity contribution in [2.45, 2.75) is 6.54 Å². The Morgan fingerprint density at radius 2 is 2.22 bits per heavy atom. The van der Waals surface area contributed by atoms with E-state index in [4.69, 9.17) is 0 Å². The van der Waals surface area contributed by atoms with E-state index >= 15 is 0 Å². The van der Waals surface area contributed by atoms with Gasteiger partial charge in [-0.05, 0) is 22.9 Å². The number of aromatic amines is 1. The topological polar surface area (TPSA) is 79.4 Å². The minimum Gasteiger partial charge on any atom is -0.347 e. The molecule has 7 heteroatoms. The van der Waals surface area contributed by atoms with Crippen LogP contribution in [0, 0.1) is 0 Å². The van der Waals surface area contributed by atoms with Crippen LogP contribution in [0.25, 0.3) is 10.9 Å². The van der Waals surface area contributed by atoms with Crippen molar-refractivity contribution in [1.29, 1.82) is 0 Å². The number of H-pyrrole nitrogens is 1. The maximum Gasteiger partial charge on any atom is 0.263 e. The van der Waals surface area contributed by atoms with Crippen molar-refractivity contribution < 1.29 is 0 Å². The van der Waals surface area contributed by atoms with Gasteiger partial charge in [-0.2, -0.15) is 5.21 Å². The number of rotatable bonds is 3. The summed E-state index contributed by atoms with van der Waals surface area (Å²) < 4.78 is 1.04. The first-order valence-electron chi connectivity index (χ1n) is 5.34. The maximum atomic E-state index is 4.41. The predicted molar refractivity (Wildman–Crippen MR) is 70.9 cm³/mol. The second-order valence-electron chi connectivity index (χ2n) is 3.70. The van der Waals surface area contributed by atoms with Crippen LogP contribution in [0.4, 0.5) is 5.95 Å². The van der Waals surface area contributed by atoms with Gasteiger partial charge in [0.25, 0.3) is 5.95 Å². The Morgan fingerprint density at radius 1 is 1.28 bits per heavy atom. The molecular formula is C11H9BrN6. The molecule has 2 aromatic heterocycles. The fourth-order valence-corrected chi connectivity index (χ4v) is 2.20. The number of hydrogen-bond acceptors (Lipinski definition) is 5. The van der Waals surface area contributed by atoms with E-state index in [9.17, 15) is 0 Å². The lowest BCUT2D eigenvalue weighted by molar-refractivity contribution is 0.881. The highest BCUT2D eigenvalue weighted by molar-refractivity contribution is 9.10. The standard InChI is InChI=1S/C11H9BrN6/c12-9-4-3-7(6-14-11-15-17-18-16-11)10-8(9)2-1-5-13-10/h1-5H,6H2,(H2,14,15,16,17,18). The van der Waals surface area contributed by atoms with Gasteiger partial charge in [-0.25, -0.2) is 0 Å². The number of pyridine rings is 1. The summed E-state index contributed by atoms with van der Waals surface area (Å²) >= 11 is 3.52. The van der Waals surface area contributed by atoms with E-state index in [0.29, 0.717) is 12.5 Å². The zero-order valence-electron chi connectivity index (χ0n) is 9.26. The molecule has 1 aromatic carbocycles. The molecule has 0 aliphatic heterocycles. The highest BCUT2D eigenvalue weighted by Gasteiger charge is 2.06. The highest BCUT2D eigenvalue weighted by Crippen LogP contribution is 2.25. The number of fused-ring (bicyclic) bond motifs is 1. The summed E-state index contributed by atoms with van der Waals surface area (Å²) in [5.41, 5.74) is 2.04. The molecule has 0 spiro atoms. The van der Waals surface area contributed by atoms with Gasteiger partial charge in [0.1, 0.15) is 0 Å². The zero-order valence-corrected chi connectivity index (χ0v) is 10.8. The van der Waals surface area contributed by atoms with E-state index in [1.807, 2.05) is 24.3 Å². The van der Waals surface area contributed by atoms with E-state index in [1.54, 1.807) is 6.20 Å². The molecule has 0 saturated carbocycles. The summed E-state index contributed by atoms with van der Waals surface area (Å²) in [6, 6.07) is 7.98. The monoisotopic (exact) mass is 304 g/mol. The van der Waals surface area contributed by atoms with Gasteiger partial charge >= 0.3 is 0 Å². The van der Waals surface area contributed by atoms with Crippen molar-refractivity contribution in [2.24, 2.45) is 0 Å². The van der Waals surface area contributed by atoms with E-state index < -0.39 is 0 Å². The van der Waals surface area contributed by atoms with E-state index in [2.05, 4.69) is 46.9 Å². The van der Waals surface area contributed by atoms with Crippen LogP contribution in [-0.4, -0.2) is 25.6 Å². The first-order valence-corrected chi connectivity index (χ1v) is 6.13. The Bertz CT molecular complexity index is 666. The van der Waals surface area contributed by atoms with Gasteiger partial charge in [0, 0.05) is 22.6 Å². The Hall–Kier alpha value is -2.02. The van der Waals surface area contributed by atoms with Crippen molar-refractivity contribution in [2.75, 3.05) is 5.32 Å². The normalized spacial score (nSPS) is 10.7. The third-order valence-corrected chi connectivity index (χ3v) is 3.27. The van der Waals surface area contributed by atoms with E-state index in [0.717, 1.165) is 20.9 Å². The molecule has 0 atom stereocenters. The molecule has 3 rings (SSSR count). The summed E-state index contributed by atoms with van der Waals surface area (Å²) in [5, 5.41) is 17.7. The number of nitrogens with zero attached hydrogens (tertiary/aromatic N) is 4. The summed E-state index contributed by atoms with van der Waals surface area (Å²) in [4.78, 5) is 4.41. The van der Waals surface area contributed by atoms with Gasteiger partial charge in [-0.1, -0.05) is 33.2 Å². The first-order chi connectivity index (χ1) is 8.84.